The quantitative estimate of drug-likeness (QED) is 0.807. The van der Waals surface area contributed by atoms with Gasteiger partial charge in [-0.3, -0.25) is 9.59 Å². The fourth-order valence-electron chi connectivity index (χ4n) is 3.79. The summed E-state index contributed by atoms with van der Waals surface area (Å²) in [6.07, 6.45) is 3.90. The molecule has 0 spiro atoms. The first-order chi connectivity index (χ1) is 12.1. The monoisotopic (exact) mass is 380 g/mol. The number of rotatable bonds is 5. The Balaban J connectivity index is 1.88. The number of benzene rings is 1. The number of aliphatic carboxylic acids is 1. The minimum Gasteiger partial charge on any atom is -0.481 e. The van der Waals surface area contributed by atoms with E-state index in [1.165, 1.54) is 12.1 Å². The SMILES string of the molecule is Cc1ccc(S(N)(=O)=O)cc1C(=O)N1CCCC(CC2CC2)(C(=O)O)C1. The average Bonchev–Trinajstić information content (AvgIpc) is 3.37. The Labute approximate surface area is 153 Å². The van der Waals surface area contributed by atoms with E-state index >= 15 is 0 Å². The van der Waals surface area contributed by atoms with Crippen LogP contribution in [-0.4, -0.2) is 43.4 Å². The summed E-state index contributed by atoms with van der Waals surface area (Å²) in [4.78, 5) is 26.4. The molecular formula is C18H24N2O5S. The highest BCUT2D eigenvalue weighted by atomic mass is 32.2. The smallest absolute Gasteiger partial charge is 0.311 e. The van der Waals surface area contributed by atoms with Gasteiger partial charge >= 0.3 is 5.97 Å². The molecule has 0 aromatic heterocycles. The van der Waals surface area contributed by atoms with Crippen molar-refractivity contribution in [2.24, 2.45) is 16.5 Å². The Hall–Kier alpha value is -1.93. The van der Waals surface area contributed by atoms with Gasteiger partial charge in [-0.1, -0.05) is 18.9 Å². The van der Waals surface area contributed by atoms with Gasteiger partial charge in [0, 0.05) is 18.7 Å². The van der Waals surface area contributed by atoms with E-state index in [-0.39, 0.29) is 22.9 Å². The molecule has 1 aromatic rings. The molecule has 1 unspecified atom stereocenters. The number of amides is 1. The third-order valence-electron chi connectivity index (χ3n) is 5.46. The van der Waals surface area contributed by atoms with Crippen molar-refractivity contribution in [2.75, 3.05) is 13.1 Å². The van der Waals surface area contributed by atoms with Crippen molar-refractivity contribution in [1.29, 1.82) is 0 Å². The molecule has 3 N–H and O–H groups in total. The first-order valence-corrected chi connectivity index (χ1v) is 10.3. The van der Waals surface area contributed by atoms with Crippen molar-refractivity contribution in [3.63, 3.8) is 0 Å². The van der Waals surface area contributed by atoms with Gasteiger partial charge in [0.25, 0.3) is 5.91 Å². The van der Waals surface area contributed by atoms with Gasteiger partial charge in [-0.25, -0.2) is 13.6 Å². The zero-order valence-electron chi connectivity index (χ0n) is 14.8. The molecule has 1 aliphatic carbocycles. The molecule has 1 heterocycles. The highest BCUT2D eigenvalue weighted by molar-refractivity contribution is 7.89. The van der Waals surface area contributed by atoms with Crippen molar-refractivity contribution >= 4 is 21.9 Å². The maximum Gasteiger partial charge on any atom is 0.311 e. The molecule has 7 nitrogen and oxygen atoms in total. The zero-order chi connectivity index (χ0) is 19.1. The number of likely N-dealkylation sites (tertiary alicyclic amines) is 1. The first-order valence-electron chi connectivity index (χ1n) is 8.78. The molecule has 1 aliphatic heterocycles. The van der Waals surface area contributed by atoms with E-state index in [0.717, 1.165) is 12.8 Å². The number of hydrogen-bond donors (Lipinski definition) is 2. The predicted molar refractivity (Wildman–Crippen MR) is 95.1 cm³/mol. The standard InChI is InChI=1S/C18H24N2O5S/c1-12-3-6-14(26(19,24)25)9-15(12)16(21)20-8-2-7-18(11-20,17(22)23)10-13-4-5-13/h3,6,9,13H,2,4-5,7-8,10-11H2,1H3,(H,22,23)(H2,19,24,25). The van der Waals surface area contributed by atoms with E-state index in [4.69, 9.17) is 5.14 Å². The molecule has 2 fully saturated rings. The first kappa shape index (κ1) is 18.8. The molecule has 1 amide bonds. The van der Waals surface area contributed by atoms with E-state index in [2.05, 4.69) is 0 Å². The zero-order valence-corrected chi connectivity index (χ0v) is 15.6. The molecule has 0 radical (unpaired) electrons. The van der Waals surface area contributed by atoms with Crippen molar-refractivity contribution in [2.45, 2.75) is 43.9 Å². The summed E-state index contributed by atoms with van der Waals surface area (Å²) in [6.45, 7) is 2.35. The number of aryl methyl sites for hydroxylation is 1. The van der Waals surface area contributed by atoms with Crippen LogP contribution < -0.4 is 5.14 Å². The van der Waals surface area contributed by atoms with Gasteiger partial charge in [0.1, 0.15) is 0 Å². The lowest BCUT2D eigenvalue weighted by Gasteiger charge is -2.40. The molecule has 3 rings (SSSR count). The molecule has 0 bridgehead atoms. The number of piperidine rings is 1. The van der Waals surface area contributed by atoms with Crippen LogP contribution in [0.15, 0.2) is 23.1 Å². The maximum absolute atomic E-state index is 13.0. The summed E-state index contributed by atoms with van der Waals surface area (Å²) in [7, 11) is -3.92. The van der Waals surface area contributed by atoms with E-state index in [1.54, 1.807) is 17.9 Å². The number of carboxylic acids is 1. The van der Waals surface area contributed by atoms with Crippen LogP contribution in [0.25, 0.3) is 0 Å². The lowest BCUT2D eigenvalue weighted by Crippen LogP contribution is -2.50. The van der Waals surface area contributed by atoms with Gasteiger partial charge in [0.2, 0.25) is 10.0 Å². The second-order valence-corrected chi connectivity index (χ2v) is 9.15. The van der Waals surface area contributed by atoms with Crippen molar-refractivity contribution in [3.05, 3.63) is 29.3 Å². The minimum absolute atomic E-state index is 0.120. The van der Waals surface area contributed by atoms with Crippen molar-refractivity contribution < 1.29 is 23.1 Å². The van der Waals surface area contributed by atoms with Gasteiger partial charge < -0.3 is 10.0 Å². The van der Waals surface area contributed by atoms with Crippen LogP contribution >= 0.6 is 0 Å². The maximum atomic E-state index is 13.0. The molecule has 1 atom stereocenters. The van der Waals surface area contributed by atoms with E-state index in [9.17, 15) is 23.1 Å². The minimum atomic E-state index is -3.92. The van der Waals surface area contributed by atoms with Crippen molar-refractivity contribution in [3.8, 4) is 0 Å². The van der Waals surface area contributed by atoms with E-state index in [1.807, 2.05) is 0 Å². The third kappa shape index (κ3) is 3.76. The summed E-state index contributed by atoms with van der Waals surface area (Å²) in [5.41, 5.74) is -0.0131. The molecule has 26 heavy (non-hydrogen) atoms. The topological polar surface area (TPSA) is 118 Å². The predicted octanol–water partition coefficient (Wildman–Crippen LogP) is 1.75. The lowest BCUT2D eigenvalue weighted by molar-refractivity contribution is -0.152. The number of hydrogen-bond acceptors (Lipinski definition) is 4. The fourth-order valence-corrected chi connectivity index (χ4v) is 4.33. The van der Waals surface area contributed by atoms with Gasteiger partial charge in [-0.15, -0.1) is 0 Å². The average molecular weight is 380 g/mol. The van der Waals surface area contributed by atoms with E-state index in [0.29, 0.717) is 37.3 Å². The van der Waals surface area contributed by atoms with Crippen LogP contribution in [0.3, 0.4) is 0 Å². The normalized spacial score (nSPS) is 23.7. The molecule has 142 valence electrons. The number of primary sulfonamides is 1. The second-order valence-electron chi connectivity index (χ2n) is 7.58. The van der Waals surface area contributed by atoms with Crippen LogP contribution in [0.2, 0.25) is 0 Å². The molecule has 1 saturated carbocycles. The van der Waals surface area contributed by atoms with Crippen LogP contribution in [0.5, 0.6) is 0 Å². The molecule has 2 aliphatic rings. The van der Waals surface area contributed by atoms with Crippen LogP contribution in [0.1, 0.15) is 48.0 Å². The number of nitrogens with two attached hydrogens (primary N) is 1. The molecular weight excluding hydrogens is 356 g/mol. The van der Waals surface area contributed by atoms with Gasteiger partial charge in [-0.2, -0.15) is 0 Å². The highest BCUT2D eigenvalue weighted by Crippen LogP contribution is 2.45. The number of carboxylic acid groups (broad SMARTS) is 1. The summed E-state index contributed by atoms with van der Waals surface area (Å²) < 4.78 is 23.2. The summed E-state index contributed by atoms with van der Waals surface area (Å²) in [6, 6.07) is 4.20. The van der Waals surface area contributed by atoms with Crippen molar-refractivity contribution in [1.82, 2.24) is 4.90 Å². The molecule has 8 heteroatoms. The Bertz CT molecular complexity index is 847. The largest absolute Gasteiger partial charge is 0.481 e. The highest BCUT2D eigenvalue weighted by Gasteiger charge is 2.47. The molecule has 1 aromatic carbocycles. The summed E-state index contributed by atoms with van der Waals surface area (Å²) >= 11 is 0. The third-order valence-corrected chi connectivity index (χ3v) is 6.37. The number of carbonyl (C=O) groups excluding carboxylic acids is 1. The fraction of sp³-hybridized carbons (Fsp3) is 0.556. The number of sulfonamides is 1. The van der Waals surface area contributed by atoms with E-state index < -0.39 is 21.4 Å². The van der Waals surface area contributed by atoms with Gasteiger partial charge in [-0.05, 0) is 49.8 Å². The number of carbonyl (C=O) groups is 2. The van der Waals surface area contributed by atoms with Crippen LogP contribution in [0.4, 0.5) is 0 Å². The Morgan fingerprint density at radius 1 is 1.35 bits per heavy atom. The van der Waals surface area contributed by atoms with Crippen LogP contribution in [-0.2, 0) is 14.8 Å². The van der Waals surface area contributed by atoms with Crippen LogP contribution in [0, 0.1) is 18.3 Å². The second kappa shape index (κ2) is 6.66. The van der Waals surface area contributed by atoms with Gasteiger partial charge in [0.05, 0.1) is 10.3 Å². The summed E-state index contributed by atoms with van der Waals surface area (Å²) in [5, 5.41) is 15.0. The molecule has 1 saturated heterocycles. The van der Waals surface area contributed by atoms with Gasteiger partial charge in [0.15, 0.2) is 0 Å². The Morgan fingerprint density at radius 2 is 2.04 bits per heavy atom. The summed E-state index contributed by atoms with van der Waals surface area (Å²) in [5.74, 6) is -0.750. The Kier molecular flexibility index (Phi) is 4.83. The lowest BCUT2D eigenvalue weighted by atomic mass is 9.75. The number of nitrogens with zero attached hydrogens (tertiary/aromatic N) is 1. The Morgan fingerprint density at radius 3 is 2.62 bits per heavy atom.